The Morgan fingerprint density at radius 1 is 0.944 bits per heavy atom. The van der Waals surface area contributed by atoms with Crippen LogP contribution < -0.4 is 10.2 Å². The fraction of sp³-hybridized carbons (Fsp3) is 0.0667. The van der Waals surface area contributed by atoms with Gasteiger partial charge in [0.1, 0.15) is 0 Å². The highest BCUT2D eigenvalue weighted by Gasteiger charge is 2.09. The first-order valence-corrected chi connectivity index (χ1v) is 5.50. The molecule has 0 radical (unpaired) electrons. The Morgan fingerprint density at radius 2 is 1.56 bits per heavy atom. The van der Waals surface area contributed by atoms with Gasteiger partial charge in [-0.05, 0) is 11.6 Å². The second kappa shape index (κ2) is 5.27. The smallest absolute Gasteiger partial charge is 0.228 e. The van der Waals surface area contributed by atoms with Gasteiger partial charge in [-0.2, -0.15) is 0 Å². The van der Waals surface area contributed by atoms with Gasteiger partial charge in [-0.15, -0.1) is 0 Å². The van der Waals surface area contributed by atoms with Gasteiger partial charge in [0.05, 0.1) is 7.11 Å². The summed E-state index contributed by atoms with van der Waals surface area (Å²) in [6, 6.07) is 13.8. The van der Waals surface area contributed by atoms with Crippen molar-refractivity contribution in [1.29, 1.82) is 0 Å². The van der Waals surface area contributed by atoms with Crippen molar-refractivity contribution in [1.82, 2.24) is 0 Å². The van der Waals surface area contributed by atoms with E-state index in [0.29, 0.717) is 16.7 Å². The van der Waals surface area contributed by atoms with Crippen LogP contribution in [0.15, 0.2) is 53.3 Å². The molecule has 18 heavy (non-hydrogen) atoms. The minimum atomic E-state index is -0.225. The predicted molar refractivity (Wildman–Crippen MR) is 70.1 cm³/mol. The van der Waals surface area contributed by atoms with Gasteiger partial charge in [-0.3, -0.25) is 9.59 Å². The van der Waals surface area contributed by atoms with Gasteiger partial charge < -0.3 is 4.74 Å². The molecule has 0 spiro atoms. The lowest BCUT2D eigenvalue weighted by atomic mass is 10.0. The highest BCUT2D eigenvalue weighted by Crippen LogP contribution is 2.20. The van der Waals surface area contributed by atoms with E-state index in [1.807, 2.05) is 0 Å². The van der Waals surface area contributed by atoms with E-state index in [1.165, 1.54) is 7.11 Å². The summed E-state index contributed by atoms with van der Waals surface area (Å²) in [6.07, 6.45) is 0.744. The molecule has 0 aliphatic rings. The number of methoxy groups -OCH3 is 1. The number of benzene rings is 1. The van der Waals surface area contributed by atoms with E-state index in [-0.39, 0.29) is 11.2 Å². The third-order valence-corrected chi connectivity index (χ3v) is 2.69. The van der Waals surface area contributed by atoms with Crippen LogP contribution in [0.1, 0.15) is 10.4 Å². The Bertz CT molecular complexity index is 633. The average molecular weight is 240 g/mol. The van der Waals surface area contributed by atoms with Crippen LogP contribution in [0, 0.1) is 0 Å². The molecule has 2 aromatic carbocycles. The molecule has 0 atom stereocenters. The van der Waals surface area contributed by atoms with Gasteiger partial charge in [-0.25, -0.2) is 0 Å². The lowest BCUT2D eigenvalue weighted by Gasteiger charge is -2.02. The Labute approximate surface area is 105 Å². The van der Waals surface area contributed by atoms with Gasteiger partial charge in [0.15, 0.2) is 12.0 Å². The molecule has 3 heteroatoms. The Kier molecular flexibility index (Phi) is 3.53. The molecule has 90 valence electrons. The van der Waals surface area contributed by atoms with Crippen LogP contribution in [0.4, 0.5) is 0 Å². The first-order valence-electron chi connectivity index (χ1n) is 5.50. The molecular formula is C15H12O3. The number of aldehydes is 1. The Balaban J connectivity index is 2.76. The normalized spacial score (nSPS) is 9.83. The monoisotopic (exact) mass is 240 g/mol. The maximum Gasteiger partial charge on any atom is 0.228 e. The molecule has 3 nitrogen and oxygen atoms in total. The molecule has 2 aromatic rings. The van der Waals surface area contributed by atoms with Crippen molar-refractivity contribution in [3.8, 4) is 16.9 Å². The molecule has 0 aliphatic carbocycles. The van der Waals surface area contributed by atoms with E-state index in [4.69, 9.17) is 4.74 Å². The highest BCUT2D eigenvalue weighted by atomic mass is 16.5. The Morgan fingerprint density at radius 3 is 2.22 bits per heavy atom. The topological polar surface area (TPSA) is 43.4 Å². The number of hydrogen-bond donors (Lipinski definition) is 0. The summed E-state index contributed by atoms with van der Waals surface area (Å²) in [7, 11) is 1.45. The second-order valence-electron chi connectivity index (χ2n) is 3.73. The lowest BCUT2D eigenvalue weighted by Crippen LogP contribution is -2.06. The summed E-state index contributed by atoms with van der Waals surface area (Å²) in [5.41, 5.74) is 1.34. The zero-order valence-electron chi connectivity index (χ0n) is 9.92. The van der Waals surface area contributed by atoms with Crippen molar-refractivity contribution in [2.45, 2.75) is 0 Å². The molecule has 0 bridgehead atoms. The third-order valence-electron chi connectivity index (χ3n) is 2.69. The van der Waals surface area contributed by atoms with Crippen LogP contribution >= 0.6 is 0 Å². The maximum absolute atomic E-state index is 12.2. The first kappa shape index (κ1) is 12.0. The molecule has 2 rings (SSSR count). The molecule has 0 unspecified atom stereocenters. The summed E-state index contributed by atoms with van der Waals surface area (Å²) in [5, 5.41) is 0. The van der Waals surface area contributed by atoms with Crippen molar-refractivity contribution in [3.05, 3.63) is 64.3 Å². The van der Waals surface area contributed by atoms with Crippen molar-refractivity contribution in [2.75, 3.05) is 7.11 Å². The van der Waals surface area contributed by atoms with Crippen LogP contribution in [0.25, 0.3) is 11.1 Å². The van der Waals surface area contributed by atoms with Gasteiger partial charge in [0.2, 0.25) is 5.43 Å². The SMILES string of the molecule is COc1ccccc(-c2ccccc2C=O)c1=O. The molecule has 0 aromatic heterocycles. The zero-order chi connectivity index (χ0) is 13.0. The lowest BCUT2D eigenvalue weighted by molar-refractivity contribution is 0.112. The van der Waals surface area contributed by atoms with E-state index in [1.54, 1.807) is 48.5 Å². The Hall–Kier alpha value is -2.42. The second-order valence-corrected chi connectivity index (χ2v) is 3.73. The van der Waals surface area contributed by atoms with Crippen LogP contribution in [0.2, 0.25) is 0 Å². The quantitative estimate of drug-likeness (QED) is 0.774. The van der Waals surface area contributed by atoms with E-state index < -0.39 is 0 Å². The number of carbonyl (C=O) groups excluding carboxylic acids is 1. The van der Waals surface area contributed by atoms with Gasteiger partial charge in [-0.1, -0.05) is 42.5 Å². The number of rotatable bonds is 3. The predicted octanol–water partition coefficient (Wildman–Crippen LogP) is 2.53. The molecule has 0 amide bonds. The first-order chi connectivity index (χ1) is 8.77. The maximum atomic E-state index is 12.2. The molecule has 0 aliphatic heterocycles. The van der Waals surface area contributed by atoms with E-state index >= 15 is 0 Å². The third kappa shape index (κ3) is 2.15. The molecule has 0 heterocycles. The van der Waals surface area contributed by atoms with E-state index in [0.717, 1.165) is 6.29 Å². The van der Waals surface area contributed by atoms with Crippen LogP contribution in [-0.4, -0.2) is 13.4 Å². The summed E-state index contributed by atoms with van der Waals surface area (Å²) in [4.78, 5) is 23.2. The highest BCUT2D eigenvalue weighted by molar-refractivity contribution is 5.87. The molecule has 0 fully saturated rings. The van der Waals surface area contributed by atoms with Crippen LogP contribution in [0.3, 0.4) is 0 Å². The minimum absolute atomic E-state index is 0.225. The van der Waals surface area contributed by atoms with Crippen LogP contribution in [-0.2, 0) is 0 Å². The molecule has 0 N–H and O–H groups in total. The van der Waals surface area contributed by atoms with Crippen molar-refractivity contribution in [3.63, 3.8) is 0 Å². The summed E-state index contributed by atoms with van der Waals surface area (Å²) in [6.45, 7) is 0. The van der Waals surface area contributed by atoms with Crippen molar-refractivity contribution < 1.29 is 9.53 Å². The largest absolute Gasteiger partial charge is 0.493 e. The van der Waals surface area contributed by atoms with Crippen molar-refractivity contribution >= 4 is 6.29 Å². The van der Waals surface area contributed by atoms with Gasteiger partial charge in [0.25, 0.3) is 0 Å². The standard InChI is InChI=1S/C15H12O3/c1-18-14-9-5-4-8-13(15(14)17)12-7-3-2-6-11(12)10-16/h2-10H,1H3. The zero-order valence-corrected chi connectivity index (χ0v) is 9.92. The van der Waals surface area contributed by atoms with Gasteiger partial charge in [0, 0.05) is 11.1 Å². The van der Waals surface area contributed by atoms with Gasteiger partial charge >= 0.3 is 0 Å². The fourth-order valence-corrected chi connectivity index (χ4v) is 1.80. The molecule has 0 saturated carbocycles. The number of hydrogen-bond acceptors (Lipinski definition) is 3. The van der Waals surface area contributed by atoms with Crippen molar-refractivity contribution in [2.24, 2.45) is 0 Å². The number of ether oxygens (including phenoxy) is 1. The molecular weight excluding hydrogens is 228 g/mol. The fourth-order valence-electron chi connectivity index (χ4n) is 1.80. The average Bonchev–Trinajstić information content (AvgIpc) is 2.60. The van der Waals surface area contributed by atoms with Crippen LogP contribution in [0.5, 0.6) is 5.75 Å². The van der Waals surface area contributed by atoms with E-state index in [2.05, 4.69) is 0 Å². The minimum Gasteiger partial charge on any atom is -0.493 e. The summed E-state index contributed by atoms with van der Waals surface area (Å²) in [5.74, 6) is 0.260. The summed E-state index contributed by atoms with van der Waals surface area (Å²) >= 11 is 0. The molecule has 0 saturated heterocycles. The summed E-state index contributed by atoms with van der Waals surface area (Å²) < 4.78 is 5.04. The number of carbonyl (C=O) groups is 1. The van der Waals surface area contributed by atoms with E-state index in [9.17, 15) is 9.59 Å².